The van der Waals surface area contributed by atoms with Gasteiger partial charge < -0.3 is 20.4 Å². The van der Waals surface area contributed by atoms with Crippen molar-refractivity contribution < 1.29 is 19.8 Å². The third-order valence-corrected chi connectivity index (χ3v) is 15.1. The van der Waals surface area contributed by atoms with Gasteiger partial charge in [0.05, 0.1) is 5.69 Å². The number of hydrogen-bond acceptors (Lipinski definition) is 7. The van der Waals surface area contributed by atoms with Crippen molar-refractivity contribution in [2.75, 3.05) is 49.2 Å². The predicted molar refractivity (Wildman–Crippen MR) is 242 cm³/mol. The summed E-state index contributed by atoms with van der Waals surface area (Å²) in [6.45, 7) is 6.40. The molecule has 9 nitrogen and oxygen atoms in total. The maximum absolute atomic E-state index is 13.1. The number of phenols is 1. The Hall–Kier alpha value is -5.12. The summed E-state index contributed by atoms with van der Waals surface area (Å²) in [7, 11) is 0. The van der Waals surface area contributed by atoms with Crippen molar-refractivity contribution in [1.29, 1.82) is 0 Å². The second kappa shape index (κ2) is 17.3. The molecule has 318 valence electrons. The first-order valence-electron chi connectivity index (χ1n) is 23.2. The van der Waals surface area contributed by atoms with Gasteiger partial charge in [0.25, 0.3) is 0 Å². The minimum atomic E-state index is -0.231. The zero-order valence-electron chi connectivity index (χ0n) is 35.4. The number of benzene rings is 4. The summed E-state index contributed by atoms with van der Waals surface area (Å²) in [4.78, 5) is 31.5. The summed E-state index contributed by atoms with van der Waals surface area (Å²) in [5.41, 5.74) is 7.58. The number of aryl methyl sites for hydroxylation is 1. The van der Waals surface area contributed by atoms with Gasteiger partial charge in [0.15, 0.2) is 0 Å². The molecule has 5 aromatic rings. The number of rotatable bonds is 9. The number of phenolic OH excluding ortho intramolecular Hbond substituents is 1. The molecule has 9 heteroatoms. The highest BCUT2D eigenvalue weighted by atomic mass is 16.3. The van der Waals surface area contributed by atoms with E-state index in [-0.39, 0.29) is 29.5 Å². The Morgan fingerprint density at radius 1 is 0.672 bits per heavy atom. The summed E-state index contributed by atoms with van der Waals surface area (Å²) < 4.78 is 1.58. The van der Waals surface area contributed by atoms with Gasteiger partial charge in [0.2, 0.25) is 17.7 Å². The first-order valence-corrected chi connectivity index (χ1v) is 23.2. The number of piperidine rings is 2. The lowest BCUT2D eigenvalue weighted by atomic mass is 9.69. The van der Waals surface area contributed by atoms with E-state index < -0.39 is 0 Å². The Labute approximate surface area is 360 Å². The number of aromatic nitrogens is 1. The van der Waals surface area contributed by atoms with Crippen LogP contribution in [0.4, 0.5) is 5.69 Å². The Balaban J connectivity index is 0.726. The van der Waals surface area contributed by atoms with Crippen LogP contribution in [0, 0.1) is 11.8 Å². The Kier molecular flexibility index (Phi) is 11.4. The van der Waals surface area contributed by atoms with Crippen LogP contribution < -0.4 is 15.2 Å². The molecular formula is C52H61N5O4. The molecule has 0 radical (unpaired) electrons. The number of nitrogens with one attached hydrogen (secondary N) is 1. The van der Waals surface area contributed by atoms with Crippen molar-refractivity contribution in [3.63, 3.8) is 0 Å². The third-order valence-electron chi connectivity index (χ3n) is 15.1. The zero-order chi connectivity index (χ0) is 41.5. The summed E-state index contributed by atoms with van der Waals surface area (Å²) in [5.74, 6) is 2.17. The molecule has 3 N–H and O–H groups in total. The highest BCUT2D eigenvalue weighted by molar-refractivity contribution is 6.11. The van der Waals surface area contributed by atoms with Crippen LogP contribution in [0.2, 0.25) is 0 Å². The molecule has 10 rings (SSSR count). The lowest BCUT2D eigenvalue weighted by molar-refractivity contribution is -0.131. The number of imide groups is 1. The average Bonchev–Trinajstić information content (AvgIpc) is 3.58. The van der Waals surface area contributed by atoms with E-state index in [0.717, 1.165) is 81.8 Å². The first-order chi connectivity index (χ1) is 29.9. The number of carbonyl (C=O) groups is 2. The second-order valence-corrected chi connectivity index (χ2v) is 18.8. The number of hydrogen-bond donors (Lipinski definition) is 3. The normalized spacial score (nSPS) is 26.4. The lowest BCUT2D eigenvalue weighted by Crippen LogP contribution is -2.49. The monoisotopic (exact) mass is 819 g/mol. The van der Waals surface area contributed by atoms with E-state index in [1.807, 2.05) is 36.4 Å². The number of nitrogens with zero attached hydrogens (tertiary/aromatic N) is 4. The molecular weight excluding hydrogens is 759 g/mol. The van der Waals surface area contributed by atoms with E-state index in [9.17, 15) is 19.8 Å². The third kappa shape index (κ3) is 8.07. The molecule has 0 unspecified atom stereocenters. The molecule has 4 aromatic carbocycles. The smallest absolute Gasteiger partial charge is 0.248 e. The van der Waals surface area contributed by atoms with Crippen molar-refractivity contribution in [2.24, 2.45) is 11.8 Å². The maximum atomic E-state index is 13.1. The Bertz CT molecular complexity index is 2330. The van der Waals surface area contributed by atoms with Gasteiger partial charge in [0, 0.05) is 79.9 Å². The molecule has 4 atom stereocenters. The highest BCUT2D eigenvalue weighted by Gasteiger charge is 2.37. The van der Waals surface area contributed by atoms with Gasteiger partial charge in [-0.05, 0) is 128 Å². The molecule has 0 bridgehead atoms. The van der Waals surface area contributed by atoms with E-state index in [1.54, 1.807) is 4.68 Å². The number of carbonyl (C=O) groups excluding carboxylic acids is 2. The SMILES string of the molecule is O=C1CCCC(=O)N1n1c(O)c2ccccc2c1[C@@H]1CCN[C@H](CC2CCC(CN3CCN(c4ccc([C@@H]5c6ccc(O)cc6CC[C@@H]5c5ccccc5)cc4)CC3)CC2)C1. The molecule has 61 heavy (non-hydrogen) atoms. The van der Waals surface area contributed by atoms with Crippen LogP contribution in [-0.4, -0.2) is 76.9 Å². The van der Waals surface area contributed by atoms with Crippen molar-refractivity contribution >= 4 is 28.3 Å². The minimum absolute atomic E-state index is 0.000379. The molecule has 4 heterocycles. The topological polar surface area (TPSA) is 101 Å². The lowest BCUT2D eigenvalue weighted by Gasteiger charge is -2.40. The summed E-state index contributed by atoms with van der Waals surface area (Å²) in [5, 5.41) is 28.4. The van der Waals surface area contributed by atoms with Gasteiger partial charge in [-0.25, -0.2) is 4.68 Å². The van der Waals surface area contributed by atoms with Crippen molar-refractivity contribution in [3.05, 3.63) is 125 Å². The maximum Gasteiger partial charge on any atom is 0.248 e. The van der Waals surface area contributed by atoms with Gasteiger partial charge in [-0.15, -0.1) is 0 Å². The van der Waals surface area contributed by atoms with Gasteiger partial charge in [-0.2, -0.15) is 5.01 Å². The van der Waals surface area contributed by atoms with Gasteiger partial charge in [-0.3, -0.25) is 14.5 Å². The number of amides is 2. The molecule has 2 amide bonds. The molecule has 2 aliphatic carbocycles. The van der Waals surface area contributed by atoms with Crippen LogP contribution in [-0.2, 0) is 16.0 Å². The van der Waals surface area contributed by atoms with Crippen LogP contribution in [0.25, 0.3) is 10.8 Å². The second-order valence-electron chi connectivity index (χ2n) is 18.8. The van der Waals surface area contributed by atoms with Crippen molar-refractivity contribution in [1.82, 2.24) is 14.9 Å². The van der Waals surface area contributed by atoms with Crippen LogP contribution in [0.1, 0.15) is 116 Å². The van der Waals surface area contributed by atoms with E-state index in [1.165, 1.54) is 65.2 Å². The largest absolute Gasteiger partial charge is 0.508 e. The average molecular weight is 820 g/mol. The van der Waals surface area contributed by atoms with E-state index >= 15 is 0 Å². The minimum Gasteiger partial charge on any atom is -0.508 e. The molecule has 5 aliphatic rings. The summed E-state index contributed by atoms with van der Waals surface area (Å²) in [6.07, 6.45) is 11.4. The van der Waals surface area contributed by atoms with Crippen molar-refractivity contribution in [2.45, 2.75) is 101 Å². The molecule has 0 spiro atoms. The highest BCUT2D eigenvalue weighted by Crippen LogP contribution is 2.47. The van der Waals surface area contributed by atoms with Crippen LogP contribution in [0.15, 0.2) is 97.1 Å². The van der Waals surface area contributed by atoms with E-state index in [0.29, 0.717) is 48.3 Å². The van der Waals surface area contributed by atoms with Gasteiger partial charge in [-0.1, -0.05) is 79.6 Å². The zero-order valence-corrected chi connectivity index (χ0v) is 35.4. The standard InChI is InChI=1S/C52H61N5O4/c58-43-22-24-45-39(33-43)19-23-44(37-7-2-1-3-8-37)50(45)38-17-20-42(21-18-38)55-29-27-54(28-30-55)34-36-15-13-35(14-16-36)31-41-32-40(25-26-53-41)51-46-9-4-5-10-47(46)52(61)57(51)56-48(59)11-6-12-49(56)60/h1-5,7-10,17-18,20-22,24,33,35-36,40-41,44,50,53,58,61H,6,11-16,19,23,25-32,34H2/t35?,36?,40-,41-,44-,50+/m1/s1. The van der Waals surface area contributed by atoms with Crippen molar-refractivity contribution in [3.8, 4) is 11.6 Å². The fraction of sp³-hybridized carbons (Fsp3) is 0.462. The summed E-state index contributed by atoms with van der Waals surface area (Å²) >= 11 is 0. The first kappa shape index (κ1) is 40.0. The summed E-state index contributed by atoms with van der Waals surface area (Å²) in [6, 6.07) is 34.5. The Morgan fingerprint density at radius 3 is 2.13 bits per heavy atom. The van der Waals surface area contributed by atoms with Gasteiger partial charge >= 0.3 is 0 Å². The van der Waals surface area contributed by atoms with E-state index in [4.69, 9.17) is 0 Å². The van der Waals surface area contributed by atoms with Crippen LogP contribution in [0.3, 0.4) is 0 Å². The van der Waals surface area contributed by atoms with Crippen LogP contribution >= 0.6 is 0 Å². The fourth-order valence-corrected chi connectivity index (χ4v) is 12.0. The molecule has 1 aromatic heterocycles. The molecule has 1 saturated carbocycles. The predicted octanol–water partition coefficient (Wildman–Crippen LogP) is 8.94. The Morgan fingerprint density at radius 2 is 1.38 bits per heavy atom. The number of aromatic hydroxyl groups is 2. The molecule has 3 aliphatic heterocycles. The molecule has 3 saturated heterocycles. The number of piperazine rings is 1. The van der Waals surface area contributed by atoms with Gasteiger partial charge in [0.1, 0.15) is 5.75 Å². The fourth-order valence-electron chi connectivity index (χ4n) is 12.0. The molecule has 4 fully saturated rings. The van der Waals surface area contributed by atoms with E-state index in [2.05, 4.69) is 75.8 Å². The quantitative estimate of drug-likeness (QED) is 0.128. The number of anilines is 1. The van der Waals surface area contributed by atoms with Crippen LogP contribution in [0.5, 0.6) is 11.6 Å². The number of fused-ring (bicyclic) bond motifs is 2.